The van der Waals surface area contributed by atoms with Crippen molar-refractivity contribution in [3.8, 4) is 0 Å². The average Bonchev–Trinajstić information content (AvgIpc) is 2.56. The number of anilines is 1. The molecule has 0 aliphatic heterocycles. The fourth-order valence-electron chi connectivity index (χ4n) is 2.59. The van der Waals surface area contributed by atoms with Gasteiger partial charge in [-0.05, 0) is 38.3 Å². The maximum Gasteiger partial charge on any atom is 0.244 e. The molecule has 6 heteroatoms. The van der Waals surface area contributed by atoms with Crippen LogP contribution in [0.15, 0.2) is 30.4 Å². The Labute approximate surface area is 146 Å². The molecule has 0 heterocycles. The van der Waals surface area contributed by atoms with Crippen LogP contribution in [0.4, 0.5) is 5.69 Å². The molecule has 1 aliphatic carbocycles. The first-order valence-corrected chi connectivity index (χ1v) is 8.46. The highest BCUT2D eigenvalue weighted by atomic mass is 35.5. The number of allylic oxidation sites excluding steroid dienone is 2. The number of hydrogen-bond acceptors (Lipinski definition) is 2. The van der Waals surface area contributed by atoms with E-state index in [1.807, 2.05) is 13.0 Å². The molecule has 23 heavy (non-hydrogen) atoms. The largest absolute Gasteiger partial charge is 0.333 e. The molecule has 1 unspecified atom stereocenters. The van der Waals surface area contributed by atoms with E-state index in [1.165, 1.54) is 0 Å². The molecular weight excluding hydrogens is 335 g/mol. The van der Waals surface area contributed by atoms with Crippen LogP contribution in [0.5, 0.6) is 0 Å². The third-order valence-corrected chi connectivity index (χ3v) is 4.50. The summed E-state index contributed by atoms with van der Waals surface area (Å²) in [6.45, 7) is 2.35. The highest BCUT2D eigenvalue weighted by molar-refractivity contribution is 6.39. The second kappa shape index (κ2) is 8.37. The molecule has 1 aliphatic rings. The van der Waals surface area contributed by atoms with Gasteiger partial charge < -0.3 is 10.2 Å². The maximum absolute atomic E-state index is 12.5. The molecule has 2 rings (SSSR count). The zero-order valence-corrected chi connectivity index (χ0v) is 14.5. The van der Waals surface area contributed by atoms with Crippen LogP contribution in [0.2, 0.25) is 10.0 Å². The second-order valence-electron chi connectivity index (χ2n) is 5.48. The Morgan fingerprint density at radius 2 is 1.96 bits per heavy atom. The lowest BCUT2D eigenvalue weighted by Gasteiger charge is -2.26. The minimum atomic E-state index is -0.304. The van der Waals surface area contributed by atoms with E-state index in [2.05, 4.69) is 11.4 Å². The number of hydrogen-bond donors (Lipinski definition) is 1. The van der Waals surface area contributed by atoms with E-state index in [1.54, 1.807) is 23.1 Å². The SMILES string of the molecule is CCN(CC(=O)Nc1c(Cl)cccc1Cl)C(=O)C1CC=CCC1. The van der Waals surface area contributed by atoms with E-state index in [4.69, 9.17) is 23.2 Å². The molecule has 0 aromatic heterocycles. The van der Waals surface area contributed by atoms with Gasteiger partial charge >= 0.3 is 0 Å². The smallest absolute Gasteiger partial charge is 0.244 e. The molecule has 0 bridgehead atoms. The zero-order chi connectivity index (χ0) is 16.8. The van der Waals surface area contributed by atoms with E-state index in [0.29, 0.717) is 22.3 Å². The quantitative estimate of drug-likeness (QED) is 0.807. The Bertz CT molecular complexity index is 596. The Balaban J connectivity index is 1.99. The van der Waals surface area contributed by atoms with Gasteiger partial charge in [-0.3, -0.25) is 9.59 Å². The standard InChI is InChI=1S/C17H20Cl2N2O2/c1-2-21(17(23)12-7-4-3-5-8-12)11-15(22)20-16-13(18)9-6-10-14(16)19/h3-4,6,9-10,12H,2,5,7-8,11H2,1H3,(H,20,22). The highest BCUT2D eigenvalue weighted by Gasteiger charge is 2.25. The molecule has 0 saturated heterocycles. The Kier molecular flexibility index (Phi) is 6.48. The van der Waals surface area contributed by atoms with Crippen molar-refractivity contribution in [2.24, 2.45) is 5.92 Å². The highest BCUT2D eigenvalue weighted by Crippen LogP contribution is 2.29. The number of amides is 2. The number of nitrogens with zero attached hydrogens (tertiary/aromatic N) is 1. The summed E-state index contributed by atoms with van der Waals surface area (Å²) in [6, 6.07) is 5.01. The lowest BCUT2D eigenvalue weighted by Crippen LogP contribution is -2.41. The van der Waals surface area contributed by atoms with Crippen LogP contribution in [-0.2, 0) is 9.59 Å². The van der Waals surface area contributed by atoms with E-state index in [-0.39, 0.29) is 24.3 Å². The van der Waals surface area contributed by atoms with Gasteiger partial charge in [0, 0.05) is 12.5 Å². The van der Waals surface area contributed by atoms with Gasteiger partial charge in [0.1, 0.15) is 0 Å². The van der Waals surface area contributed by atoms with Gasteiger partial charge in [0.2, 0.25) is 11.8 Å². The van der Waals surface area contributed by atoms with Gasteiger partial charge in [-0.2, -0.15) is 0 Å². The number of rotatable bonds is 5. The summed E-state index contributed by atoms with van der Waals surface area (Å²) in [4.78, 5) is 26.3. The first-order chi connectivity index (χ1) is 11.0. The predicted molar refractivity (Wildman–Crippen MR) is 93.8 cm³/mol. The Morgan fingerprint density at radius 1 is 1.26 bits per heavy atom. The van der Waals surface area contributed by atoms with Crippen LogP contribution >= 0.6 is 23.2 Å². The number of carbonyl (C=O) groups excluding carboxylic acids is 2. The van der Waals surface area contributed by atoms with Crippen LogP contribution in [0.1, 0.15) is 26.2 Å². The van der Waals surface area contributed by atoms with Gasteiger partial charge in [0.05, 0.1) is 22.3 Å². The third-order valence-electron chi connectivity index (χ3n) is 3.87. The monoisotopic (exact) mass is 354 g/mol. The van der Waals surface area contributed by atoms with E-state index in [9.17, 15) is 9.59 Å². The van der Waals surface area contributed by atoms with Crippen molar-refractivity contribution < 1.29 is 9.59 Å². The molecule has 1 N–H and O–H groups in total. The number of carbonyl (C=O) groups is 2. The van der Waals surface area contributed by atoms with Crippen molar-refractivity contribution in [2.75, 3.05) is 18.4 Å². The molecule has 2 amide bonds. The number of para-hydroxylation sites is 1. The molecule has 0 fully saturated rings. The minimum Gasteiger partial charge on any atom is -0.333 e. The van der Waals surface area contributed by atoms with Crippen LogP contribution in [0.3, 0.4) is 0 Å². The van der Waals surface area contributed by atoms with Crippen molar-refractivity contribution in [1.82, 2.24) is 4.90 Å². The Hall–Kier alpha value is -1.52. The van der Waals surface area contributed by atoms with Gasteiger partial charge in [-0.15, -0.1) is 0 Å². The van der Waals surface area contributed by atoms with Gasteiger partial charge in [-0.25, -0.2) is 0 Å². The van der Waals surface area contributed by atoms with Crippen molar-refractivity contribution >= 4 is 40.7 Å². The summed E-state index contributed by atoms with van der Waals surface area (Å²) < 4.78 is 0. The van der Waals surface area contributed by atoms with Crippen LogP contribution in [0, 0.1) is 5.92 Å². The average molecular weight is 355 g/mol. The Morgan fingerprint density at radius 3 is 2.52 bits per heavy atom. The topological polar surface area (TPSA) is 49.4 Å². The molecule has 124 valence electrons. The lowest BCUT2D eigenvalue weighted by molar-refractivity contribution is -0.138. The van der Waals surface area contributed by atoms with Crippen LogP contribution < -0.4 is 5.32 Å². The minimum absolute atomic E-state index is 0.00288. The zero-order valence-electron chi connectivity index (χ0n) is 13.0. The summed E-state index contributed by atoms with van der Waals surface area (Å²) in [5, 5.41) is 3.44. The fourth-order valence-corrected chi connectivity index (χ4v) is 3.08. The first kappa shape index (κ1) is 17.8. The summed E-state index contributed by atoms with van der Waals surface area (Å²) in [5.41, 5.74) is 0.380. The number of likely N-dealkylation sites (N-methyl/N-ethyl adjacent to an activating group) is 1. The number of benzene rings is 1. The molecule has 1 atom stereocenters. The summed E-state index contributed by atoms with van der Waals surface area (Å²) >= 11 is 12.1. The number of nitrogens with one attached hydrogen (secondary N) is 1. The molecule has 0 radical (unpaired) electrons. The molecule has 0 saturated carbocycles. The van der Waals surface area contributed by atoms with E-state index < -0.39 is 0 Å². The van der Waals surface area contributed by atoms with Crippen LogP contribution in [0.25, 0.3) is 0 Å². The number of halogens is 2. The summed E-state index contributed by atoms with van der Waals surface area (Å²) in [7, 11) is 0. The normalized spacial score (nSPS) is 16.9. The van der Waals surface area contributed by atoms with E-state index in [0.717, 1.165) is 19.3 Å². The fraction of sp³-hybridized carbons (Fsp3) is 0.412. The summed E-state index contributed by atoms with van der Waals surface area (Å²) in [5.74, 6) is -0.310. The lowest BCUT2D eigenvalue weighted by atomic mass is 9.93. The first-order valence-electron chi connectivity index (χ1n) is 7.70. The summed E-state index contributed by atoms with van der Waals surface area (Å²) in [6.07, 6.45) is 6.61. The van der Waals surface area contributed by atoms with E-state index >= 15 is 0 Å². The predicted octanol–water partition coefficient (Wildman–Crippen LogP) is 4.14. The third kappa shape index (κ3) is 4.72. The maximum atomic E-state index is 12.5. The molecule has 4 nitrogen and oxygen atoms in total. The molecule has 1 aromatic rings. The molecule has 1 aromatic carbocycles. The van der Waals surface area contributed by atoms with Crippen molar-refractivity contribution in [3.63, 3.8) is 0 Å². The molecule has 0 spiro atoms. The van der Waals surface area contributed by atoms with Crippen molar-refractivity contribution in [2.45, 2.75) is 26.2 Å². The van der Waals surface area contributed by atoms with Crippen molar-refractivity contribution in [1.29, 1.82) is 0 Å². The van der Waals surface area contributed by atoms with Gasteiger partial charge in [-0.1, -0.05) is 41.4 Å². The van der Waals surface area contributed by atoms with Crippen molar-refractivity contribution in [3.05, 3.63) is 40.4 Å². The molecular formula is C17H20Cl2N2O2. The second-order valence-corrected chi connectivity index (χ2v) is 6.29. The van der Waals surface area contributed by atoms with Gasteiger partial charge in [0.25, 0.3) is 0 Å². The van der Waals surface area contributed by atoms with Gasteiger partial charge in [0.15, 0.2) is 0 Å². The van der Waals surface area contributed by atoms with Crippen LogP contribution in [-0.4, -0.2) is 29.8 Å².